The Bertz CT molecular complexity index is 862. The minimum absolute atomic E-state index is 0.0431. The number of benzene rings is 1. The van der Waals surface area contributed by atoms with E-state index in [0.29, 0.717) is 17.1 Å². The van der Waals surface area contributed by atoms with Gasteiger partial charge < -0.3 is 20.5 Å². The van der Waals surface area contributed by atoms with Crippen molar-refractivity contribution in [3.05, 3.63) is 39.6 Å². The van der Waals surface area contributed by atoms with E-state index >= 15 is 0 Å². The van der Waals surface area contributed by atoms with E-state index in [0.717, 1.165) is 24.5 Å². The molecular formula is C18H22BrFN4O4S. The fraction of sp³-hybridized carbons (Fsp3) is 0.389. The van der Waals surface area contributed by atoms with Crippen LogP contribution >= 0.6 is 27.5 Å². The monoisotopic (exact) mass is 488 g/mol. The Morgan fingerprint density at radius 1 is 1.34 bits per heavy atom. The molecule has 1 aromatic heterocycles. The molecule has 1 heterocycles. The topological polar surface area (TPSA) is 113 Å². The Kier molecular flexibility index (Phi) is 8.80. The van der Waals surface area contributed by atoms with Gasteiger partial charge in [-0.25, -0.2) is 14.0 Å². The summed E-state index contributed by atoms with van der Waals surface area (Å²) >= 11 is 3.94. The van der Waals surface area contributed by atoms with Crippen LogP contribution in [-0.2, 0) is 6.61 Å². The van der Waals surface area contributed by atoms with Crippen LogP contribution in [0.5, 0.6) is 5.88 Å². The van der Waals surface area contributed by atoms with Crippen molar-refractivity contribution in [2.24, 2.45) is 0 Å². The molecule has 0 atom stereocenters. The number of carbonyl (C=O) groups is 2. The van der Waals surface area contributed by atoms with Gasteiger partial charge in [0.15, 0.2) is 5.56 Å². The lowest BCUT2D eigenvalue weighted by Gasteiger charge is -2.09. The molecule has 2 amide bonds. The molecule has 1 aromatic carbocycles. The lowest BCUT2D eigenvalue weighted by Crippen LogP contribution is -2.32. The number of nitrogens with zero attached hydrogens (tertiary/aromatic N) is 1. The number of rotatable bonds is 10. The number of hydrogen-bond donors (Lipinski definition) is 4. The molecule has 0 saturated carbocycles. The maximum Gasteiger partial charge on any atom is 0.344 e. The van der Waals surface area contributed by atoms with Gasteiger partial charge in [-0.05, 0) is 36.6 Å². The molecule has 0 aliphatic rings. The third-order valence-corrected chi connectivity index (χ3v) is 4.91. The predicted octanol–water partition coefficient (Wildman–Crippen LogP) is 3.83. The molecular weight excluding hydrogens is 467 g/mol. The van der Waals surface area contributed by atoms with E-state index in [1.54, 1.807) is 6.07 Å². The minimum atomic E-state index is -1.30. The molecule has 2 aromatic rings. The first-order valence-electron chi connectivity index (χ1n) is 8.85. The van der Waals surface area contributed by atoms with Crippen LogP contribution in [-0.4, -0.2) is 40.6 Å². The zero-order valence-electron chi connectivity index (χ0n) is 15.9. The highest BCUT2D eigenvalue weighted by Gasteiger charge is 2.23. The number of anilines is 1. The largest absolute Gasteiger partial charge is 0.477 e. The number of carboxylic acid groups (broad SMARTS) is 1. The van der Waals surface area contributed by atoms with Crippen molar-refractivity contribution in [2.45, 2.75) is 32.9 Å². The van der Waals surface area contributed by atoms with Gasteiger partial charge in [-0.15, -0.1) is 0 Å². The highest BCUT2D eigenvalue weighted by Crippen LogP contribution is 2.31. The number of halogens is 2. The predicted molar refractivity (Wildman–Crippen MR) is 112 cm³/mol. The summed E-state index contributed by atoms with van der Waals surface area (Å²) in [5.41, 5.74) is -0.0241. The highest BCUT2D eigenvalue weighted by atomic mass is 79.9. The number of carboxylic acids is 1. The highest BCUT2D eigenvalue weighted by molar-refractivity contribution is 9.10. The maximum atomic E-state index is 13.9. The van der Waals surface area contributed by atoms with E-state index in [4.69, 9.17) is 4.74 Å². The normalized spacial score (nSPS) is 10.8. The molecule has 0 fully saturated rings. The number of ether oxygens (including phenoxy) is 1. The van der Waals surface area contributed by atoms with Gasteiger partial charge in [0.05, 0.1) is 0 Å². The number of aromatic nitrogens is 1. The zero-order chi connectivity index (χ0) is 21.4. The molecule has 8 nitrogen and oxygen atoms in total. The van der Waals surface area contributed by atoms with Gasteiger partial charge in [0.1, 0.15) is 17.4 Å². The first kappa shape index (κ1) is 23.0. The lowest BCUT2D eigenvalue weighted by atomic mass is 10.2. The summed E-state index contributed by atoms with van der Waals surface area (Å²) in [5, 5.41) is 17.9. The zero-order valence-corrected chi connectivity index (χ0v) is 18.3. The summed E-state index contributed by atoms with van der Waals surface area (Å²) in [4.78, 5) is 23.6. The summed E-state index contributed by atoms with van der Waals surface area (Å²) in [7, 11) is 0. The van der Waals surface area contributed by atoms with E-state index in [2.05, 4.69) is 36.3 Å². The van der Waals surface area contributed by atoms with Crippen molar-refractivity contribution in [1.82, 2.24) is 15.0 Å². The molecule has 0 radical (unpaired) electrons. The van der Waals surface area contributed by atoms with E-state index in [9.17, 15) is 19.1 Å². The summed E-state index contributed by atoms with van der Waals surface area (Å²) in [6.45, 7) is 5.05. The smallest absolute Gasteiger partial charge is 0.344 e. The average Bonchev–Trinajstić information content (AvgIpc) is 3.03. The molecule has 29 heavy (non-hydrogen) atoms. The number of hydrogen-bond acceptors (Lipinski definition) is 6. The van der Waals surface area contributed by atoms with Crippen LogP contribution in [0, 0.1) is 5.82 Å². The fourth-order valence-electron chi connectivity index (χ4n) is 2.26. The van der Waals surface area contributed by atoms with Crippen LogP contribution in [0.15, 0.2) is 22.7 Å². The van der Waals surface area contributed by atoms with Crippen molar-refractivity contribution >= 4 is 44.5 Å². The molecule has 2 rings (SSSR count). The van der Waals surface area contributed by atoms with Gasteiger partial charge in [-0.3, -0.25) is 5.32 Å². The first-order valence-corrected chi connectivity index (χ1v) is 10.4. The van der Waals surface area contributed by atoms with Gasteiger partial charge >= 0.3 is 12.0 Å². The lowest BCUT2D eigenvalue weighted by molar-refractivity contribution is 0.0693. The Balaban J connectivity index is 1.95. The van der Waals surface area contributed by atoms with Gasteiger partial charge in [-0.2, -0.15) is 4.37 Å². The molecule has 11 heteroatoms. The number of nitrogens with one attached hydrogen (secondary N) is 3. The van der Waals surface area contributed by atoms with Crippen LogP contribution in [0.2, 0.25) is 0 Å². The quantitative estimate of drug-likeness (QED) is 0.378. The molecule has 0 saturated heterocycles. The van der Waals surface area contributed by atoms with E-state index < -0.39 is 17.8 Å². The van der Waals surface area contributed by atoms with Crippen molar-refractivity contribution in [3.8, 4) is 5.88 Å². The number of urea groups is 1. The molecule has 0 aliphatic heterocycles. The molecule has 0 spiro atoms. The number of amides is 2. The SMILES string of the molecule is CC(C)NCCCNC(=O)Nc1snc(OCc2ccc(Br)cc2F)c1C(=O)O. The van der Waals surface area contributed by atoms with Crippen LogP contribution < -0.4 is 20.7 Å². The number of carbonyl (C=O) groups excluding carboxylic acids is 1. The third kappa shape index (κ3) is 7.26. The summed E-state index contributed by atoms with van der Waals surface area (Å²) in [5.74, 6) is -1.97. The molecule has 0 unspecified atom stereocenters. The van der Waals surface area contributed by atoms with E-state index in [1.807, 2.05) is 13.8 Å². The van der Waals surface area contributed by atoms with Crippen molar-refractivity contribution < 1.29 is 23.8 Å². The third-order valence-electron chi connectivity index (χ3n) is 3.67. The second-order valence-corrected chi connectivity index (χ2v) is 8.05. The van der Waals surface area contributed by atoms with Crippen LogP contribution in [0.1, 0.15) is 36.2 Å². The van der Waals surface area contributed by atoms with Crippen molar-refractivity contribution in [3.63, 3.8) is 0 Å². The average molecular weight is 489 g/mol. The second kappa shape index (κ2) is 11.1. The fourth-order valence-corrected chi connectivity index (χ4v) is 3.32. The summed E-state index contributed by atoms with van der Waals surface area (Å²) in [6, 6.07) is 4.28. The van der Waals surface area contributed by atoms with Crippen LogP contribution in [0.3, 0.4) is 0 Å². The Morgan fingerprint density at radius 2 is 2.10 bits per heavy atom. The molecule has 4 N–H and O–H groups in total. The van der Waals surface area contributed by atoms with Gasteiger partial charge in [0.2, 0.25) is 5.88 Å². The Hall–Kier alpha value is -2.24. The number of aromatic carboxylic acids is 1. The Labute approximate surface area is 180 Å². The first-order chi connectivity index (χ1) is 13.8. The van der Waals surface area contributed by atoms with Crippen molar-refractivity contribution in [2.75, 3.05) is 18.4 Å². The van der Waals surface area contributed by atoms with Gasteiger partial charge in [-0.1, -0.05) is 35.8 Å². The van der Waals surface area contributed by atoms with Gasteiger partial charge in [0.25, 0.3) is 0 Å². The molecule has 0 aliphatic carbocycles. The second-order valence-electron chi connectivity index (χ2n) is 6.36. The summed E-state index contributed by atoms with van der Waals surface area (Å²) in [6.07, 6.45) is 0.729. The van der Waals surface area contributed by atoms with E-state index in [1.165, 1.54) is 12.1 Å². The van der Waals surface area contributed by atoms with Crippen LogP contribution in [0.25, 0.3) is 0 Å². The van der Waals surface area contributed by atoms with E-state index in [-0.39, 0.29) is 28.6 Å². The maximum absolute atomic E-state index is 13.9. The van der Waals surface area contributed by atoms with Crippen LogP contribution in [0.4, 0.5) is 14.2 Å². The van der Waals surface area contributed by atoms with Gasteiger partial charge in [0, 0.05) is 22.6 Å². The minimum Gasteiger partial charge on any atom is -0.477 e. The summed E-state index contributed by atoms with van der Waals surface area (Å²) < 4.78 is 23.8. The molecule has 0 bridgehead atoms. The molecule has 158 valence electrons. The Morgan fingerprint density at radius 3 is 2.76 bits per heavy atom. The van der Waals surface area contributed by atoms with Crippen molar-refractivity contribution in [1.29, 1.82) is 0 Å². The standard InChI is InChI=1S/C18H22BrFN4O4S/c1-10(2)21-6-3-7-22-18(27)23-16-14(17(25)26)15(24-29-16)28-9-11-4-5-12(19)8-13(11)20/h4-5,8,10,21H,3,6-7,9H2,1-2H3,(H,25,26)(H2,22,23,27).